The van der Waals surface area contributed by atoms with Gasteiger partial charge in [-0.15, -0.1) is 0 Å². The summed E-state index contributed by atoms with van der Waals surface area (Å²) in [6, 6.07) is 12.7. The van der Waals surface area contributed by atoms with E-state index in [0.29, 0.717) is 6.54 Å². The van der Waals surface area contributed by atoms with Crippen LogP contribution in [-0.2, 0) is 13.1 Å². The molecule has 21 heavy (non-hydrogen) atoms. The van der Waals surface area contributed by atoms with E-state index in [2.05, 4.69) is 6.07 Å². The summed E-state index contributed by atoms with van der Waals surface area (Å²) in [6.07, 6.45) is 2.31. The third-order valence-corrected chi connectivity index (χ3v) is 3.33. The average molecular weight is 283 g/mol. The fourth-order valence-electron chi connectivity index (χ4n) is 2.22. The highest BCUT2D eigenvalue weighted by Crippen LogP contribution is 2.15. The number of hydrogen-bond donors (Lipinski definition) is 0. The molecular weight excluding hydrogens is 266 g/mol. The minimum atomic E-state index is -0.519. The number of rotatable bonds is 5. The minimum Gasteiger partial charge on any atom is -0.300 e. The minimum absolute atomic E-state index is 0.0722. The van der Waals surface area contributed by atoms with Crippen LogP contribution in [0.4, 0.5) is 0 Å². The van der Waals surface area contributed by atoms with Gasteiger partial charge in [-0.25, -0.2) is 4.79 Å². The molecule has 1 unspecified atom stereocenters. The molecule has 0 saturated carbocycles. The van der Waals surface area contributed by atoms with Gasteiger partial charge in [0.05, 0.1) is 18.5 Å². The first kappa shape index (κ1) is 14.8. The van der Waals surface area contributed by atoms with Crippen LogP contribution in [0.1, 0.15) is 24.8 Å². The first-order chi connectivity index (χ1) is 10.2. The molecule has 2 rings (SSSR count). The maximum absolute atomic E-state index is 12.3. The normalized spacial score (nSPS) is 11.8. The quantitative estimate of drug-likeness (QED) is 0.839. The van der Waals surface area contributed by atoms with Gasteiger partial charge in [0.1, 0.15) is 0 Å². The summed E-state index contributed by atoms with van der Waals surface area (Å²) in [6.45, 7) is 2.59. The molecule has 1 heterocycles. The van der Waals surface area contributed by atoms with Gasteiger partial charge < -0.3 is 4.57 Å². The van der Waals surface area contributed by atoms with Crippen molar-refractivity contribution < 1.29 is 0 Å². The average Bonchev–Trinajstić information content (AvgIpc) is 2.51. The van der Waals surface area contributed by atoms with Crippen molar-refractivity contribution in [1.82, 2.24) is 9.13 Å². The molecule has 0 fully saturated rings. The van der Waals surface area contributed by atoms with Gasteiger partial charge in [-0.2, -0.15) is 5.26 Å². The van der Waals surface area contributed by atoms with Crippen molar-refractivity contribution >= 4 is 0 Å². The molecule has 0 amide bonds. The Morgan fingerprint density at radius 1 is 1.19 bits per heavy atom. The van der Waals surface area contributed by atoms with Crippen LogP contribution in [0.15, 0.2) is 52.2 Å². The maximum atomic E-state index is 12.3. The SMILES string of the molecule is CCCn1ccc(=O)n(CC(C#N)c2ccccc2)c1=O. The van der Waals surface area contributed by atoms with Crippen LogP contribution < -0.4 is 11.2 Å². The van der Waals surface area contributed by atoms with Crippen molar-refractivity contribution in [2.75, 3.05) is 0 Å². The lowest BCUT2D eigenvalue weighted by atomic mass is 10.0. The number of hydrogen-bond acceptors (Lipinski definition) is 3. The van der Waals surface area contributed by atoms with Gasteiger partial charge in [0.25, 0.3) is 5.56 Å². The molecule has 1 atom stereocenters. The van der Waals surface area contributed by atoms with Gasteiger partial charge in [0, 0.05) is 18.8 Å². The first-order valence-corrected chi connectivity index (χ1v) is 6.92. The third-order valence-electron chi connectivity index (χ3n) is 3.33. The Balaban J connectivity index is 2.39. The molecule has 0 saturated heterocycles. The zero-order valence-electron chi connectivity index (χ0n) is 11.9. The van der Waals surface area contributed by atoms with Crippen LogP contribution in [0.3, 0.4) is 0 Å². The zero-order valence-corrected chi connectivity index (χ0v) is 11.9. The van der Waals surface area contributed by atoms with Crippen molar-refractivity contribution in [3.05, 3.63) is 69.0 Å². The Hall–Kier alpha value is -2.61. The van der Waals surface area contributed by atoms with Crippen molar-refractivity contribution in [3.8, 4) is 6.07 Å². The van der Waals surface area contributed by atoms with Crippen LogP contribution in [0.5, 0.6) is 0 Å². The summed E-state index contributed by atoms with van der Waals surface area (Å²) in [5.74, 6) is -0.519. The Labute approximate surface area is 122 Å². The fourth-order valence-corrected chi connectivity index (χ4v) is 2.22. The van der Waals surface area contributed by atoms with Gasteiger partial charge in [-0.1, -0.05) is 37.3 Å². The lowest BCUT2D eigenvalue weighted by Gasteiger charge is -2.13. The predicted molar refractivity (Wildman–Crippen MR) is 80.0 cm³/mol. The molecule has 0 spiro atoms. The highest BCUT2D eigenvalue weighted by atomic mass is 16.2. The van der Waals surface area contributed by atoms with Crippen molar-refractivity contribution in [2.45, 2.75) is 32.4 Å². The largest absolute Gasteiger partial charge is 0.331 e. The molecule has 0 aliphatic carbocycles. The van der Waals surface area contributed by atoms with E-state index in [9.17, 15) is 14.9 Å². The molecule has 0 radical (unpaired) electrons. The number of nitrogens with zero attached hydrogens (tertiary/aromatic N) is 3. The van der Waals surface area contributed by atoms with E-state index in [1.165, 1.54) is 16.8 Å². The van der Waals surface area contributed by atoms with Crippen molar-refractivity contribution in [1.29, 1.82) is 5.26 Å². The number of aromatic nitrogens is 2. The Bertz CT molecular complexity index is 754. The highest BCUT2D eigenvalue weighted by Gasteiger charge is 2.14. The van der Waals surface area contributed by atoms with Gasteiger partial charge >= 0.3 is 5.69 Å². The van der Waals surface area contributed by atoms with Crippen LogP contribution >= 0.6 is 0 Å². The van der Waals surface area contributed by atoms with E-state index in [1.54, 1.807) is 0 Å². The van der Waals surface area contributed by atoms with Gasteiger partial charge in [-0.05, 0) is 12.0 Å². The third kappa shape index (κ3) is 3.29. The van der Waals surface area contributed by atoms with Crippen LogP contribution in [0.2, 0.25) is 0 Å². The van der Waals surface area contributed by atoms with E-state index in [1.807, 2.05) is 37.3 Å². The standard InChI is InChI=1S/C16H17N3O2/c1-2-9-18-10-8-15(20)19(16(18)21)12-14(11-17)13-6-4-3-5-7-13/h3-8,10,14H,2,9,12H2,1H3. The van der Waals surface area contributed by atoms with Crippen LogP contribution in [-0.4, -0.2) is 9.13 Å². The Morgan fingerprint density at radius 3 is 2.52 bits per heavy atom. The lowest BCUT2D eigenvalue weighted by Crippen LogP contribution is -2.40. The fraction of sp³-hybridized carbons (Fsp3) is 0.312. The molecular formula is C16H17N3O2. The zero-order chi connectivity index (χ0) is 15.2. The lowest BCUT2D eigenvalue weighted by molar-refractivity contribution is 0.529. The molecule has 1 aromatic heterocycles. The number of aryl methyl sites for hydroxylation is 1. The topological polar surface area (TPSA) is 67.8 Å². The number of nitriles is 1. The van der Waals surface area contributed by atoms with Gasteiger partial charge in [0.2, 0.25) is 0 Å². The smallest absolute Gasteiger partial charge is 0.300 e. The Morgan fingerprint density at radius 2 is 1.90 bits per heavy atom. The summed E-state index contributed by atoms with van der Waals surface area (Å²) in [4.78, 5) is 24.2. The first-order valence-electron chi connectivity index (χ1n) is 6.92. The summed E-state index contributed by atoms with van der Waals surface area (Å²) < 4.78 is 2.64. The van der Waals surface area contributed by atoms with Gasteiger partial charge in [0.15, 0.2) is 0 Å². The summed E-state index contributed by atoms with van der Waals surface area (Å²) in [5, 5.41) is 9.32. The van der Waals surface area contributed by atoms with Crippen molar-refractivity contribution in [3.63, 3.8) is 0 Å². The van der Waals surface area contributed by atoms with E-state index in [0.717, 1.165) is 16.6 Å². The van der Waals surface area contributed by atoms with E-state index >= 15 is 0 Å². The van der Waals surface area contributed by atoms with Crippen molar-refractivity contribution in [2.24, 2.45) is 0 Å². The van der Waals surface area contributed by atoms with E-state index in [4.69, 9.17) is 0 Å². The Kier molecular flexibility index (Phi) is 4.72. The van der Waals surface area contributed by atoms with E-state index < -0.39 is 5.92 Å². The molecule has 2 aromatic rings. The molecule has 1 aromatic carbocycles. The monoisotopic (exact) mass is 283 g/mol. The van der Waals surface area contributed by atoms with Crippen LogP contribution in [0.25, 0.3) is 0 Å². The second-order valence-corrected chi connectivity index (χ2v) is 4.83. The maximum Gasteiger partial charge on any atom is 0.331 e. The van der Waals surface area contributed by atoms with Crippen LogP contribution in [0, 0.1) is 11.3 Å². The summed E-state index contributed by atoms with van der Waals surface area (Å²) in [5.41, 5.74) is 0.0706. The second-order valence-electron chi connectivity index (χ2n) is 4.83. The molecule has 0 bridgehead atoms. The molecule has 108 valence electrons. The second kappa shape index (κ2) is 6.71. The molecule has 5 nitrogen and oxygen atoms in total. The highest BCUT2D eigenvalue weighted by molar-refractivity contribution is 5.24. The molecule has 0 aliphatic rings. The summed E-state index contributed by atoms with van der Waals surface area (Å²) >= 11 is 0. The van der Waals surface area contributed by atoms with E-state index in [-0.39, 0.29) is 17.8 Å². The predicted octanol–water partition coefficient (Wildman–Crippen LogP) is 1.73. The van der Waals surface area contributed by atoms with Gasteiger partial charge in [-0.3, -0.25) is 9.36 Å². The molecule has 0 aliphatic heterocycles. The molecule has 0 N–H and O–H groups in total. The molecule has 5 heteroatoms. The number of benzene rings is 1. The summed E-state index contributed by atoms with van der Waals surface area (Å²) in [7, 11) is 0.